The maximum Gasteiger partial charge on any atom is 0.312 e. The van der Waals surface area contributed by atoms with Crippen molar-refractivity contribution in [3.05, 3.63) is 71.5 Å². The third-order valence-electron chi connectivity index (χ3n) is 12.2. The lowest BCUT2D eigenvalue weighted by Gasteiger charge is -2.48. The quantitative estimate of drug-likeness (QED) is 0.276. The van der Waals surface area contributed by atoms with E-state index in [-0.39, 0.29) is 37.2 Å². The minimum atomic E-state index is -2.02. The molecular formula is C44H64FNO11. The Morgan fingerprint density at radius 2 is 1.60 bits per heavy atom. The first kappa shape index (κ1) is 46.4. The predicted octanol–water partition coefficient (Wildman–Crippen LogP) is 5.02. The molecule has 14 atom stereocenters. The number of hydrogen-bond acceptors (Lipinski definition) is 12. The molecule has 318 valence electrons. The second-order valence-electron chi connectivity index (χ2n) is 16.8. The molecular weight excluding hydrogens is 737 g/mol. The van der Waals surface area contributed by atoms with Gasteiger partial charge in [0.25, 0.3) is 0 Å². The van der Waals surface area contributed by atoms with Crippen molar-refractivity contribution in [3.8, 4) is 0 Å². The van der Waals surface area contributed by atoms with Crippen LogP contribution in [-0.2, 0) is 51.0 Å². The second-order valence-corrected chi connectivity index (χ2v) is 16.8. The van der Waals surface area contributed by atoms with Crippen LogP contribution in [0.1, 0.15) is 85.8 Å². The molecule has 0 aliphatic carbocycles. The van der Waals surface area contributed by atoms with Crippen molar-refractivity contribution in [1.29, 1.82) is 0 Å². The van der Waals surface area contributed by atoms with Gasteiger partial charge in [-0.1, -0.05) is 70.2 Å². The molecule has 12 nitrogen and oxygen atoms in total. The Labute approximate surface area is 337 Å². The maximum absolute atomic E-state index is 14.1. The summed E-state index contributed by atoms with van der Waals surface area (Å²) in [4.78, 5) is 43.9. The molecule has 2 aliphatic heterocycles. The Morgan fingerprint density at radius 1 is 0.965 bits per heavy atom. The van der Waals surface area contributed by atoms with Crippen LogP contribution in [0.5, 0.6) is 0 Å². The first-order valence-electron chi connectivity index (χ1n) is 20.1. The van der Waals surface area contributed by atoms with Crippen LogP contribution in [0, 0.1) is 29.5 Å². The summed E-state index contributed by atoms with van der Waals surface area (Å²) in [5.41, 5.74) is -1.82. The number of halogens is 1. The normalized spacial score (nSPS) is 37.3. The van der Waals surface area contributed by atoms with Crippen molar-refractivity contribution in [2.45, 2.75) is 148 Å². The lowest BCUT2D eigenvalue weighted by atomic mass is 9.74. The summed E-state index contributed by atoms with van der Waals surface area (Å²) in [5, 5.41) is 35.0. The van der Waals surface area contributed by atoms with E-state index in [4.69, 9.17) is 23.7 Å². The number of esters is 2. The number of carbonyl (C=O) groups excluding carboxylic acids is 3. The van der Waals surface area contributed by atoms with Crippen LogP contribution in [0.3, 0.4) is 0 Å². The van der Waals surface area contributed by atoms with Gasteiger partial charge in [0.1, 0.15) is 35.5 Å². The van der Waals surface area contributed by atoms with Crippen LogP contribution in [0.25, 0.3) is 0 Å². The van der Waals surface area contributed by atoms with E-state index in [0.717, 1.165) is 5.56 Å². The number of carbonyl (C=O) groups is 3. The molecule has 0 aromatic heterocycles. The topological polar surface area (TPSA) is 161 Å². The molecule has 0 bridgehead atoms. The summed E-state index contributed by atoms with van der Waals surface area (Å²) < 4.78 is 45.1. The highest BCUT2D eigenvalue weighted by Gasteiger charge is 2.53. The number of hydrogen-bond donors (Lipinski definition) is 3. The van der Waals surface area contributed by atoms with E-state index >= 15 is 0 Å². The molecule has 13 heteroatoms. The van der Waals surface area contributed by atoms with Gasteiger partial charge < -0.3 is 39.0 Å². The third kappa shape index (κ3) is 11.1. The Morgan fingerprint density at radius 3 is 2.19 bits per heavy atom. The molecule has 3 N–H and O–H groups in total. The summed E-state index contributed by atoms with van der Waals surface area (Å²) in [5.74, 6) is -6.23. The number of methoxy groups -OCH3 is 1. The minimum absolute atomic E-state index is 0.0402. The minimum Gasteiger partial charge on any atom is -0.461 e. The number of rotatable bonds is 10. The average Bonchev–Trinajstić information content (AvgIpc) is 3.18. The molecule has 4 rings (SSSR count). The summed E-state index contributed by atoms with van der Waals surface area (Å²) >= 11 is 0. The zero-order valence-corrected chi connectivity index (χ0v) is 35.1. The molecule has 0 unspecified atom stereocenters. The number of cyclic esters (lactones) is 1. The van der Waals surface area contributed by atoms with E-state index < -0.39 is 89.4 Å². The number of likely N-dealkylation sites (N-methyl/N-ethyl adjacent to an activating group) is 1. The van der Waals surface area contributed by atoms with Crippen molar-refractivity contribution < 1.29 is 57.8 Å². The number of aliphatic hydroxyl groups excluding tert-OH is 2. The van der Waals surface area contributed by atoms with Gasteiger partial charge in [0.2, 0.25) is 0 Å². The van der Waals surface area contributed by atoms with Gasteiger partial charge in [-0.05, 0) is 77.3 Å². The fraction of sp³-hybridized carbons (Fsp3) is 0.659. The van der Waals surface area contributed by atoms with Crippen LogP contribution < -0.4 is 0 Å². The largest absolute Gasteiger partial charge is 0.461 e. The van der Waals surface area contributed by atoms with Crippen molar-refractivity contribution in [1.82, 2.24) is 4.90 Å². The standard InChI is InChI=1S/C44H64FNO11/c1-11-34-44(8,52)39(50)27(4)36(48)25(2)23-43(7,53-10)40(57-42-37(49)33(21-26(3)54-42)46(9)24-31-15-13-12-14-16-31)28(5)38(29(6)41(51)55-34)56-35(47)22-30-17-19-32(45)20-18-30/h12-20,25-29,33-34,37-40,42,49-50,52H,11,21-24H2,1-10H3/t25-,26-,27+,28+,29-,33+,34-,37-,38+,39-,40-,42+,43-,44-/m1/s1. The van der Waals surface area contributed by atoms with E-state index in [0.29, 0.717) is 18.5 Å². The Hall–Kier alpha value is -3.30. The third-order valence-corrected chi connectivity index (χ3v) is 12.2. The first-order chi connectivity index (χ1) is 26.7. The van der Waals surface area contributed by atoms with Gasteiger partial charge >= 0.3 is 11.9 Å². The average molecular weight is 802 g/mol. The monoisotopic (exact) mass is 801 g/mol. The molecule has 2 fully saturated rings. The van der Waals surface area contributed by atoms with Crippen molar-refractivity contribution in [2.24, 2.45) is 23.7 Å². The fourth-order valence-electron chi connectivity index (χ4n) is 8.66. The molecule has 57 heavy (non-hydrogen) atoms. The van der Waals surface area contributed by atoms with Gasteiger partial charge in [-0.3, -0.25) is 19.3 Å². The molecule has 0 radical (unpaired) electrons. The fourth-order valence-corrected chi connectivity index (χ4v) is 8.66. The van der Waals surface area contributed by atoms with E-state index in [1.165, 1.54) is 52.1 Å². The lowest BCUT2D eigenvalue weighted by Crippen LogP contribution is -2.61. The van der Waals surface area contributed by atoms with E-state index in [1.807, 2.05) is 49.2 Å². The number of ketones is 1. The molecule has 2 heterocycles. The number of nitrogens with zero attached hydrogens (tertiary/aromatic N) is 1. The maximum atomic E-state index is 14.1. The highest BCUT2D eigenvalue weighted by Crippen LogP contribution is 2.40. The van der Waals surface area contributed by atoms with Gasteiger partial charge in [-0.2, -0.15) is 0 Å². The van der Waals surface area contributed by atoms with Crippen LogP contribution in [0.2, 0.25) is 0 Å². The number of ether oxygens (including phenoxy) is 5. The summed E-state index contributed by atoms with van der Waals surface area (Å²) in [6.45, 7) is 13.7. The molecule has 2 aliphatic rings. The zero-order chi connectivity index (χ0) is 42.4. The van der Waals surface area contributed by atoms with Crippen LogP contribution in [0.15, 0.2) is 54.6 Å². The van der Waals surface area contributed by atoms with E-state index in [9.17, 15) is 34.1 Å². The first-order valence-corrected chi connectivity index (χ1v) is 20.1. The lowest BCUT2D eigenvalue weighted by molar-refractivity contribution is -0.302. The number of benzene rings is 2. The van der Waals surface area contributed by atoms with Crippen LogP contribution >= 0.6 is 0 Å². The van der Waals surface area contributed by atoms with Gasteiger partial charge in [0, 0.05) is 37.5 Å². The van der Waals surface area contributed by atoms with E-state index in [1.54, 1.807) is 27.7 Å². The second kappa shape index (κ2) is 19.6. The number of aliphatic hydroxyl groups is 3. The Bertz CT molecular complexity index is 1630. The number of Topliss-reactive ketones (excluding diaryl/α,β-unsaturated/α-hetero) is 1. The zero-order valence-electron chi connectivity index (χ0n) is 35.1. The molecule has 2 aromatic carbocycles. The van der Waals surface area contributed by atoms with Crippen LogP contribution in [0.4, 0.5) is 4.39 Å². The summed E-state index contributed by atoms with van der Waals surface area (Å²) in [7, 11) is 3.38. The van der Waals surface area contributed by atoms with Gasteiger partial charge in [-0.25, -0.2) is 4.39 Å². The molecule has 0 saturated carbocycles. The molecule has 2 saturated heterocycles. The Kier molecular flexibility index (Phi) is 16.0. The summed E-state index contributed by atoms with van der Waals surface area (Å²) in [6.07, 6.45) is -7.46. The van der Waals surface area contributed by atoms with Crippen molar-refractivity contribution >= 4 is 17.7 Å². The van der Waals surface area contributed by atoms with Crippen molar-refractivity contribution in [2.75, 3.05) is 14.2 Å². The van der Waals surface area contributed by atoms with Crippen LogP contribution in [-0.4, -0.2) is 112 Å². The van der Waals surface area contributed by atoms with Gasteiger partial charge in [0.15, 0.2) is 6.29 Å². The Balaban J connectivity index is 1.80. The van der Waals surface area contributed by atoms with E-state index in [2.05, 4.69) is 0 Å². The highest BCUT2D eigenvalue weighted by atomic mass is 19.1. The van der Waals surface area contributed by atoms with Crippen molar-refractivity contribution in [3.63, 3.8) is 0 Å². The summed E-state index contributed by atoms with van der Waals surface area (Å²) in [6, 6.07) is 14.9. The highest BCUT2D eigenvalue weighted by molar-refractivity contribution is 5.83. The molecule has 2 aromatic rings. The van der Waals surface area contributed by atoms with Gasteiger partial charge in [-0.15, -0.1) is 0 Å². The van der Waals surface area contributed by atoms with Gasteiger partial charge in [0.05, 0.1) is 36.3 Å². The smallest absolute Gasteiger partial charge is 0.312 e. The predicted molar refractivity (Wildman–Crippen MR) is 210 cm³/mol. The SMILES string of the molecule is CC[C@H]1OC(=O)[C@H](C)[C@@H](OC(=O)Cc2ccc(F)cc2)[C@H](C)[C@@H](O[C@@H]2O[C@H](C)C[C@H](N(C)Cc3ccccc3)[C@H]2O)[C@](C)(OC)C[C@@H](C)C(=O)[C@H](C)[C@@H](O)[C@]1(C)O. The molecule has 0 spiro atoms. The molecule has 0 amide bonds.